The highest BCUT2D eigenvalue weighted by atomic mass is 79.9. The van der Waals surface area contributed by atoms with Gasteiger partial charge in [-0.15, -0.1) is 0 Å². The second-order valence-corrected chi connectivity index (χ2v) is 3.39. The smallest absolute Gasteiger partial charge is 0.161 e. The van der Waals surface area contributed by atoms with Gasteiger partial charge in [0.05, 0.1) is 5.56 Å². The minimum atomic E-state index is -0.679. The molecule has 0 radical (unpaired) electrons. The molecule has 0 aromatic heterocycles. The summed E-state index contributed by atoms with van der Waals surface area (Å²) < 4.78 is 13.5. The fraction of sp³-hybridized carbons (Fsp3) is 0.111. The van der Waals surface area contributed by atoms with E-state index in [1.807, 2.05) is 0 Å². The van der Waals surface area contributed by atoms with E-state index >= 15 is 0 Å². The summed E-state index contributed by atoms with van der Waals surface area (Å²) in [6.45, 7) is 1.29. The van der Waals surface area contributed by atoms with Crippen molar-refractivity contribution >= 4 is 21.7 Å². The molecular formula is C9H5BrFNO. The monoisotopic (exact) mass is 241 g/mol. The van der Waals surface area contributed by atoms with Crippen molar-refractivity contribution in [3.63, 3.8) is 0 Å². The third-order valence-corrected chi connectivity index (χ3v) is 2.00. The first-order valence-electron chi connectivity index (χ1n) is 3.46. The van der Waals surface area contributed by atoms with E-state index in [1.165, 1.54) is 13.0 Å². The number of benzene rings is 1. The molecule has 0 saturated carbocycles. The standard InChI is InChI=1S/C9H5BrFNO/c1-5(13)7-2-6(10)3-9(11)8(7)4-12/h2-3H,1H3. The molecule has 2 nitrogen and oxygen atoms in total. The molecular weight excluding hydrogens is 237 g/mol. The number of hydrogen-bond acceptors (Lipinski definition) is 2. The second-order valence-electron chi connectivity index (χ2n) is 2.48. The van der Waals surface area contributed by atoms with Crippen LogP contribution in [0.4, 0.5) is 4.39 Å². The topological polar surface area (TPSA) is 40.9 Å². The lowest BCUT2D eigenvalue weighted by Crippen LogP contribution is -1.99. The lowest BCUT2D eigenvalue weighted by Gasteiger charge is -2.01. The summed E-state index contributed by atoms with van der Waals surface area (Å²) in [6.07, 6.45) is 0. The summed E-state index contributed by atoms with van der Waals surface area (Å²) >= 11 is 3.04. The summed E-state index contributed by atoms with van der Waals surface area (Å²) in [6, 6.07) is 4.25. The molecule has 1 rings (SSSR count). The lowest BCUT2D eigenvalue weighted by atomic mass is 10.1. The Morgan fingerprint density at radius 2 is 2.23 bits per heavy atom. The van der Waals surface area contributed by atoms with Crippen LogP contribution in [0.15, 0.2) is 16.6 Å². The van der Waals surface area contributed by atoms with Gasteiger partial charge in [-0.3, -0.25) is 4.79 Å². The molecule has 0 heterocycles. The van der Waals surface area contributed by atoms with Gasteiger partial charge in [0.2, 0.25) is 0 Å². The molecule has 0 N–H and O–H groups in total. The number of carbonyl (C=O) groups is 1. The van der Waals surface area contributed by atoms with Gasteiger partial charge in [0.15, 0.2) is 5.78 Å². The fourth-order valence-corrected chi connectivity index (χ4v) is 1.39. The Kier molecular flexibility index (Phi) is 2.79. The molecule has 4 heteroatoms. The van der Waals surface area contributed by atoms with Crippen molar-refractivity contribution in [2.75, 3.05) is 0 Å². The first kappa shape index (κ1) is 9.87. The molecule has 0 atom stereocenters. The van der Waals surface area contributed by atoms with E-state index < -0.39 is 5.82 Å². The summed E-state index contributed by atoms with van der Waals surface area (Å²) in [5.74, 6) is -1.00. The van der Waals surface area contributed by atoms with Gasteiger partial charge in [-0.1, -0.05) is 15.9 Å². The molecule has 0 fully saturated rings. The first-order valence-corrected chi connectivity index (χ1v) is 4.25. The number of nitrogens with zero attached hydrogens (tertiary/aromatic N) is 1. The van der Waals surface area contributed by atoms with Gasteiger partial charge in [-0.2, -0.15) is 5.26 Å². The Hall–Kier alpha value is -1.21. The molecule has 0 amide bonds. The fourth-order valence-electron chi connectivity index (χ4n) is 0.965. The maximum Gasteiger partial charge on any atom is 0.161 e. The van der Waals surface area contributed by atoms with E-state index in [1.54, 1.807) is 6.07 Å². The number of halogens is 2. The van der Waals surface area contributed by atoms with Crippen LogP contribution in [0.1, 0.15) is 22.8 Å². The average molecular weight is 242 g/mol. The second kappa shape index (κ2) is 3.67. The predicted molar refractivity (Wildman–Crippen MR) is 48.8 cm³/mol. The minimum Gasteiger partial charge on any atom is -0.294 e. The molecule has 66 valence electrons. The summed E-state index contributed by atoms with van der Waals surface area (Å²) in [7, 11) is 0. The van der Waals surface area contributed by atoms with Gasteiger partial charge < -0.3 is 0 Å². The van der Waals surface area contributed by atoms with Crippen molar-refractivity contribution < 1.29 is 9.18 Å². The molecule has 0 unspecified atom stereocenters. The number of nitriles is 1. The van der Waals surface area contributed by atoms with Crippen LogP contribution in [0.5, 0.6) is 0 Å². The van der Waals surface area contributed by atoms with Gasteiger partial charge in [0.25, 0.3) is 0 Å². The van der Waals surface area contributed by atoms with Crippen LogP contribution in [0.25, 0.3) is 0 Å². The summed E-state index contributed by atoms with van der Waals surface area (Å²) in [5, 5.41) is 8.58. The van der Waals surface area contributed by atoms with Crippen LogP contribution in [0.2, 0.25) is 0 Å². The van der Waals surface area contributed by atoms with Gasteiger partial charge in [0.1, 0.15) is 11.9 Å². The quantitative estimate of drug-likeness (QED) is 0.710. The summed E-state index contributed by atoms with van der Waals surface area (Å²) in [5.41, 5.74) is -0.0925. The van der Waals surface area contributed by atoms with Crippen LogP contribution in [0, 0.1) is 17.1 Å². The van der Waals surface area contributed by atoms with Crippen LogP contribution in [-0.4, -0.2) is 5.78 Å². The molecule has 0 aliphatic heterocycles. The third-order valence-electron chi connectivity index (χ3n) is 1.55. The molecule has 0 spiro atoms. The Labute approximate surface area is 83.1 Å². The van der Waals surface area contributed by atoms with Gasteiger partial charge >= 0.3 is 0 Å². The Bertz CT molecular complexity index is 409. The molecule has 1 aromatic carbocycles. The van der Waals surface area contributed by atoms with Crippen molar-refractivity contribution in [2.45, 2.75) is 6.92 Å². The first-order chi connectivity index (χ1) is 6.06. The maximum absolute atomic E-state index is 13.1. The summed E-state index contributed by atoms with van der Waals surface area (Å²) in [4.78, 5) is 11.0. The highest BCUT2D eigenvalue weighted by Gasteiger charge is 2.12. The van der Waals surface area contributed by atoms with Crippen molar-refractivity contribution in [2.24, 2.45) is 0 Å². The third kappa shape index (κ3) is 1.93. The van der Waals surface area contributed by atoms with E-state index in [4.69, 9.17) is 5.26 Å². The largest absolute Gasteiger partial charge is 0.294 e. The van der Waals surface area contributed by atoms with Gasteiger partial charge in [0, 0.05) is 10.0 Å². The van der Waals surface area contributed by atoms with Crippen molar-refractivity contribution in [1.29, 1.82) is 5.26 Å². The number of hydrogen-bond donors (Lipinski definition) is 0. The Morgan fingerprint density at radius 1 is 1.62 bits per heavy atom. The number of Topliss-reactive ketones (excluding diaryl/α,β-unsaturated/α-hetero) is 1. The maximum atomic E-state index is 13.1. The molecule has 0 aliphatic rings. The molecule has 1 aromatic rings. The molecule has 0 saturated heterocycles. The van der Waals surface area contributed by atoms with Crippen LogP contribution in [0.3, 0.4) is 0 Å². The van der Waals surface area contributed by atoms with Crippen LogP contribution in [-0.2, 0) is 0 Å². The SMILES string of the molecule is CC(=O)c1cc(Br)cc(F)c1C#N. The van der Waals surface area contributed by atoms with E-state index in [0.29, 0.717) is 4.47 Å². The highest BCUT2D eigenvalue weighted by molar-refractivity contribution is 9.10. The number of ketones is 1. The number of rotatable bonds is 1. The zero-order valence-corrected chi connectivity index (χ0v) is 8.35. The predicted octanol–water partition coefficient (Wildman–Crippen LogP) is 2.66. The van der Waals surface area contributed by atoms with E-state index in [9.17, 15) is 9.18 Å². The van der Waals surface area contributed by atoms with Crippen molar-refractivity contribution in [3.05, 3.63) is 33.5 Å². The zero-order valence-electron chi connectivity index (χ0n) is 6.77. The van der Waals surface area contributed by atoms with Crippen molar-refractivity contribution in [1.82, 2.24) is 0 Å². The van der Waals surface area contributed by atoms with Crippen molar-refractivity contribution in [3.8, 4) is 6.07 Å². The molecule has 0 aliphatic carbocycles. The lowest BCUT2D eigenvalue weighted by molar-refractivity contribution is 0.101. The van der Waals surface area contributed by atoms with E-state index in [2.05, 4.69) is 15.9 Å². The minimum absolute atomic E-state index is 0.106. The van der Waals surface area contributed by atoms with Crippen LogP contribution >= 0.6 is 15.9 Å². The van der Waals surface area contributed by atoms with E-state index in [-0.39, 0.29) is 16.9 Å². The number of carbonyl (C=O) groups excluding carboxylic acids is 1. The van der Waals surface area contributed by atoms with E-state index in [0.717, 1.165) is 6.07 Å². The molecule has 13 heavy (non-hydrogen) atoms. The average Bonchev–Trinajstić information content (AvgIpc) is 2.02. The van der Waals surface area contributed by atoms with Crippen LogP contribution < -0.4 is 0 Å². The highest BCUT2D eigenvalue weighted by Crippen LogP contribution is 2.20. The zero-order chi connectivity index (χ0) is 10.0. The van der Waals surface area contributed by atoms with Gasteiger partial charge in [-0.05, 0) is 19.1 Å². The molecule has 0 bridgehead atoms. The van der Waals surface area contributed by atoms with Gasteiger partial charge in [-0.25, -0.2) is 4.39 Å². The Morgan fingerprint density at radius 3 is 2.69 bits per heavy atom. The Balaban J connectivity index is 3.50. The normalized spacial score (nSPS) is 9.38.